The van der Waals surface area contributed by atoms with E-state index >= 15 is 0 Å². The van der Waals surface area contributed by atoms with Crippen molar-refractivity contribution < 1.29 is 5.11 Å². The first-order chi connectivity index (χ1) is 5.33. The fourth-order valence-electron chi connectivity index (χ4n) is 1.62. The fraction of sp³-hybridized carbons (Fsp3) is 0.800. The van der Waals surface area contributed by atoms with Gasteiger partial charge in [-0.3, -0.25) is 0 Å². The van der Waals surface area contributed by atoms with E-state index in [4.69, 9.17) is 0 Å². The molecule has 0 radical (unpaired) electrons. The first-order valence-electron chi connectivity index (χ1n) is 4.67. The van der Waals surface area contributed by atoms with Crippen LogP contribution in [0.15, 0.2) is 12.2 Å². The van der Waals surface area contributed by atoms with Crippen LogP contribution >= 0.6 is 0 Å². The molecule has 64 valence electrons. The van der Waals surface area contributed by atoms with Gasteiger partial charge in [-0.2, -0.15) is 0 Å². The average Bonchev–Trinajstić information content (AvgIpc) is 2.04. The molecule has 1 rings (SSSR count). The molecule has 11 heavy (non-hydrogen) atoms. The van der Waals surface area contributed by atoms with Gasteiger partial charge in [-0.05, 0) is 38.0 Å². The molecule has 1 fully saturated rings. The minimum Gasteiger partial charge on any atom is -0.393 e. The van der Waals surface area contributed by atoms with Gasteiger partial charge in [0.2, 0.25) is 0 Å². The maximum absolute atomic E-state index is 9.23. The highest BCUT2D eigenvalue weighted by Gasteiger charge is 2.16. The van der Waals surface area contributed by atoms with E-state index in [0.717, 1.165) is 25.2 Å². The van der Waals surface area contributed by atoms with Crippen LogP contribution in [-0.4, -0.2) is 11.2 Å². The molecular weight excluding hydrogens is 136 g/mol. The molecule has 0 heterocycles. The lowest BCUT2D eigenvalue weighted by atomic mass is 9.87. The summed E-state index contributed by atoms with van der Waals surface area (Å²) in [6.45, 7) is 2.16. The maximum Gasteiger partial charge on any atom is 0.0540 e. The zero-order valence-electron chi connectivity index (χ0n) is 7.29. The predicted octanol–water partition coefficient (Wildman–Crippen LogP) is 2.50. The topological polar surface area (TPSA) is 20.2 Å². The minimum atomic E-state index is -0.0127. The molecular formula is C10H18O. The SMILES string of the molecule is CCC=CC1CCC(O)CC1. The van der Waals surface area contributed by atoms with Crippen molar-refractivity contribution in [2.24, 2.45) is 5.92 Å². The third-order valence-corrected chi connectivity index (χ3v) is 2.39. The van der Waals surface area contributed by atoms with Gasteiger partial charge in [0.25, 0.3) is 0 Å². The van der Waals surface area contributed by atoms with Gasteiger partial charge in [-0.15, -0.1) is 0 Å². The van der Waals surface area contributed by atoms with Crippen molar-refractivity contribution in [3.05, 3.63) is 12.2 Å². The zero-order valence-corrected chi connectivity index (χ0v) is 7.29. The van der Waals surface area contributed by atoms with Crippen molar-refractivity contribution in [2.75, 3.05) is 0 Å². The molecule has 0 aromatic heterocycles. The molecule has 0 bridgehead atoms. The van der Waals surface area contributed by atoms with Crippen LogP contribution < -0.4 is 0 Å². The molecule has 1 aliphatic rings. The van der Waals surface area contributed by atoms with E-state index in [1.54, 1.807) is 0 Å². The molecule has 1 saturated carbocycles. The monoisotopic (exact) mass is 154 g/mol. The Kier molecular flexibility index (Phi) is 3.64. The lowest BCUT2D eigenvalue weighted by molar-refractivity contribution is 0.118. The van der Waals surface area contributed by atoms with Crippen LogP contribution in [0.1, 0.15) is 39.0 Å². The normalized spacial score (nSPS) is 32.9. The summed E-state index contributed by atoms with van der Waals surface area (Å²) in [6.07, 6.45) is 10.0. The predicted molar refractivity (Wildman–Crippen MR) is 47.4 cm³/mol. The van der Waals surface area contributed by atoms with Gasteiger partial charge in [0.05, 0.1) is 6.10 Å². The molecule has 0 spiro atoms. The van der Waals surface area contributed by atoms with Crippen LogP contribution in [0.4, 0.5) is 0 Å². The second-order valence-electron chi connectivity index (χ2n) is 3.41. The van der Waals surface area contributed by atoms with Crippen molar-refractivity contribution >= 4 is 0 Å². The highest BCUT2D eigenvalue weighted by atomic mass is 16.3. The number of hydrogen-bond donors (Lipinski definition) is 1. The average molecular weight is 154 g/mol. The van der Waals surface area contributed by atoms with Gasteiger partial charge < -0.3 is 5.11 Å². The summed E-state index contributed by atoms with van der Waals surface area (Å²) in [5, 5.41) is 9.23. The number of aliphatic hydroxyl groups is 1. The Morgan fingerprint density at radius 3 is 2.45 bits per heavy atom. The van der Waals surface area contributed by atoms with Crippen LogP contribution in [-0.2, 0) is 0 Å². The quantitative estimate of drug-likeness (QED) is 0.606. The van der Waals surface area contributed by atoms with Gasteiger partial charge in [0, 0.05) is 0 Å². The van der Waals surface area contributed by atoms with Crippen molar-refractivity contribution in [1.29, 1.82) is 0 Å². The second kappa shape index (κ2) is 4.55. The first-order valence-corrected chi connectivity index (χ1v) is 4.67. The molecule has 0 atom stereocenters. The molecule has 1 nitrogen and oxygen atoms in total. The van der Waals surface area contributed by atoms with Crippen molar-refractivity contribution in [3.63, 3.8) is 0 Å². The van der Waals surface area contributed by atoms with Crippen molar-refractivity contribution in [3.8, 4) is 0 Å². The number of rotatable bonds is 2. The number of hydrogen-bond acceptors (Lipinski definition) is 1. The molecule has 0 aromatic carbocycles. The summed E-state index contributed by atoms with van der Waals surface area (Å²) in [5.41, 5.74) is 0. The van der Waals surface area contributed by atoms with E-state index in [1.807, 2.05) is 0 Å². The number of allylic oxidation sites excluding steroid dienone is 2. The molecule has 0 unspecified atom stereocenters. The summed E-state index contributed by atoms with van der Waals surface area (Å²) in [6, 6.07) is 0. The lowest BCUT2D eigenvalue weighted by Crippen LogP contribution is -2.16. The van der Waals surface area contributed by atoms with Crippen molar-refractivity contribution in [2.45, 2.75) is 45.1 Å². The van der Waals surface area contributed by atoms with Gasteiger partial charge in [0.1, 0.15) is 0 Å². The molecule has 0 saturated heterocycles. The maximum atomic E-state index is 9.23. The lowest BCUT2D eigenvalue weighted by Gasteiger charge is -2.22. The Morgan fingerprint density at radius 1 is 1.27 bits per heavy atom. The van der Waals surface area contributed by atoms with E-state index in [1.165, 1.54) is 12.8 Å². The molecule has 0 aliphatic heterocycles. The van der Waals surface area contributed by atoms with E-state index in [-0.39, 0.29) is 6.10 Å². The third kappa shape index (κ3) is 3.06. The minimum absolute atomic E-state index is 0.0127. The fourth-order valence-corrected chi connectivity index (χ4v) is 1.62. The molecule has 0 amide bonds. The van der Waals surface area contributed by atoms with Gasteiger partial charge in [-0.25, -0.2) is 0 Å². The van der Waals surface area contributed by atoms with Crippen LogP contribution in [0.25, 0.3) is 0 Å². The molecule has 1 heteroatoms. The summed E-state index contributed by atoms with van der Waals surface area (Å²) in [7, 11) is 0. The van der Waals surface area contributed by atoms with Gasteiger partial charge in [0.15, 0.2) is 0 Å². The van der Waals surface area contributed by atoms with Gasteiger partial charge >= 0.3 is 0 Å². The number of aliphatic hydroxyl groups excluding tert-OH is 1. The van der Waals surface area contributed by atoms with Crippen molar-refractivity contribution in [1.82, 2.24) is 0 Å². The van der Waals surface area contributed by atoms with Crippen LogP contribution in [0, 0.1) is 5.92 Å². The molecule has 0 aromatic rings. The van der Waals surface area contributed by atoms with Crippen LogP contribution in [0.5, 0.6) is 0 Å². The Labute approximate surface area is 69.1 Å². The highest BCUT2D eigenvalue weighted by Crippen LogP contribution is 2.24. The summed E-state index contributed by atoms with van der Waals surface area (Å²) in [5.74, 6) is 0.748. The summed E-state index contributed by atoms with van der Waals surface area (Å²) < 4.78 is 0. The van der Waals surface area contributed by atoms with Crippen LogP contribution in [0.2, 0.25) is 0 Å². The third-order valence-electron chi connectivity index (χ3n) is 2.39. The smallest absolute Gasteiger partial charge is 0.0540 e. The Balaban J connectivity index is 2.22. The highest BCUT2D eigenvalue weighted by molar-refractivity contribution is 4.90. The summed E-state index contributed by atoms with van der Waals surface area (Å²) in [4.78, 5) is 0. The Morgan fingerprint density at radius 2 is 1.91 bits per heavy atom. The zero-order chi connectivity index (χ0) is 8.10. The Bertz CT molecular complexity index is 121. The second-order valence-corrected chi connectivity index (χ2v) is 3.41. The standard InChI is InChI=1S/C10H18O/c1-2-3-4-9-5-7-10(11)8-6-9/h3-4,9-11H,2,5-8H2,1H3. The molecule has 1 aliphatic carbocycles. The van der Waals surface area contributed by atoms with Gasteiger partial charge in [-0.1, -0.05) is 19.1 Å². The first kappa shape index (κ1) is 8.79. The van der Waals surface area contributed by atoms with E-state index < -0.39 is 0 Å². The largest absolute Gasteiger partial charge is 0.393 e. The summed E-state index contributed by atoms with van der Waals surface area (Å²) >= 11 is 0. The molecule has 1 N–H and O–H groups in total. The van der Waals surface area contributed by atoms with E-state index in [0.29, 0.717) is 0 Å². The Hall–Kier alpha value is -0.300. The van der Waals surface area contributed by atoms with Crippen LogP contribution in [0.3, 0.4) is 0 Å². The van der Waals surface area contributed by atoms with E-state index in [2.05, 4.69) is 19.1 Å². The van der Waals surface area contributed by atoms with E-state index in [9.17, 15) is 5.11 Å².